The fraction of sp³-hybridized carbons (Fsp3) is 0.263. The van der Waals surface area contributed by atoms with Crippen molar-refractivity contribution in [3.8, 4) is 0 Å². The molecule has 8 nitrogen and oxygen atoms in total. The third kappa shape index (κ3) is 5.53. The zero-order valence-electron chi connectivity index (χ0n) is 15.5. The van der Waals surface area contributed by atoms with E-state index in [1.165, 1.54) is 18.0 Å². The lowest BCUT2D eigenvalue weighted by Crippen LogP contribution is -2.38. The Hall–Kier alpha value is -3.42. The Labute approximate surface area is 157 Å². The Bertz CT molecular complexity index is 849. The van der Waals surface area contributed by atoms with E-state index in [2.05, 4.69) is 10.6 Å². The van der Waals surface area contributed by atoms with E-state index in [1.807, 2.05) is 19.1 Å². The number of carbonyl (C=O) groups is 2. The number of nitrogens with one attached hydrogen (secondary N) is 2. The van der Waals surface area contributed by atoms with E-state index in [4.69, 9.17) is 0 Å². The largest absolute Gasteiger partial charge is 0.376 e. The van der Waals surface area contributed by atoms with Crippen LogP contribution in [0.15, 0.2) is 42.5 Å². The van der Waals surface area contributed by atoms with Crippen molar-refractivity contribution in [3.63, 3.8) is 0 Å². The molecule has 2 amide bonds. The van der Waals surface area contributed by atoms with E-state index in [0.717, 1.165) is 5.56 Å². The third-order valence-electron chi connectivity index (χ3n) is 4.07. The molecule has 0 aliphatic rings. The fourth-order valence-electron chi connectivity index (χ4n) is 2.46. The smallest absolute Gasteiger partial charge is 0.274 e. The standard InChI is InChI=1S/C19H22N4O4/c1-13-7-9-15(10-8-13)21-18(24)12-22(3)19(25)11-20-16-5-4-6-17(14(16)2)23(26)27/h4-10,20H,11-12H2,1-3H3,(H,21,24). The molecular formula is C19H22N4O4. The lowest BCUT2D eigenvalue weighted by atomic mass is 10.1. The molecule has 0 radical (unpaired) electrons. The maximum Gasteiger partial charge on any atom is 0.274 e. The average molecular weight is 370 g/mol. The van der Waals surface area contributed by atoms with Gasteiger partial charge in [-0.3, -0.25) is 19.7 Å². The van der Waals surface area contributed by atoms with Gasteiger partial charge in [0.05, 0.1) is 18.0 Å². The van der Waals surface area contributed by atoms with Crippen LogP contribution in [0.5, 0.6) is 0 Å². The summed E-state index contributed by atoms with van der Waals surface area (Å²) in [6.07, 6.45) is 0. The highest BCUT2D eigenvalue weighted by Crippen LogP contribution is 2.24. The summed E-state index contributed by atoms with van der Waals surface area (Å²) in [5, 5.41) is 16.6. The Morgan fingerprint density at radius 2 is 1.78 bits per heavy atom. The van der Waals surface area contributed by atoms with Crippen molar-refractivity contribution in [2.45, 2.75) is 13.8 Å². The van der Waals surface area contributed by atoms with Crippen LogP contribution in [0, 0.1) is 24.0 Å². The molecule has 0 aromatic heterocycles. The molecular weight excluding hydrogens is 348 g/mol. The third-order valence-corrected chi connectivity index (χ3v) is 4.07. The number of nitro groups is 1. The van der Waals surface area contributed by atoms with E-state index in [-0.39, 0.29) is 30.6 Å². The lowest BCUT2D eigenvalue weighted by molar-refractivity contribution is -0.385. The minimum atomic E-state index is -0.468. The zero-order chi connectivity index (χ0) is 20.0. The number of carbonyl (C=O) groups excluding carboxylic acids is 2. The van der Waals surface area contributed by atoms with Gasteiger partial charge in [-0.2, -0.15) is 0 Å². The summed E-state index contributed by atoms with van der Waals surface area (Å²) < 4.78 is 0. The van der Waals surface area contributed by atoms with Crippen LogP contribution in [-0.4, -0.2) is 41.8 Å². The molecule has 27 heavy (non-hydrogen) atoms. The van der Waals surface area contributed by atoms with Crippen LogP contribution in [0.3, 0.4) is 0 Å². The van der Waals surface area contributed by atoms with Gasteiger partial charge in [0.1, 0.15) is 0 Å². The molecule has 8 heteroatoms. The maximum absolute atomic E-state index is 12.2. The molecule has 2 rings (SSSR count). The van der Waals surface area contributed by atoms with Crippen molar-refractivity contribution in [2.24, 2.45) is 0 Å². The summed E-state index contributed by atoms with van der Waals surface area (Å²) in [5.74, 6) is -0.610. The van der Waals surface area contributed by atoms with E-state index in [0.29, 0.717) is 16.9 Å². The topological polar surface area (TPSA) is 105 Å². The number of nitrogens with zero attached hydrogens (tertiary/aromatic N) is 2. The number of anilines is 2. The van der Waals surface area contributed by atoms with Gasteiger partial charge in [0.15, 0.2) is 0 Å². The quantitative estimate of drug-likeness (QED) is 0.576. The number of hydrogen-bond acceptors (Lipinski definition) is 5. The molecule has 142 valence electrons. The molecule has 2 aromatic rings. The van der Waals surface area contributed by atoms with Crippen molar-refractivity contribution >= 4 is 28.9 Å². The van der Waals surface area contributed by atoms with Gasteiger partial charge in [-0.15, -0.1) is 0 Å². The fourth-order valence-corrected chi connectivity index (χ4v) is 2.46. The van der Waals surface area contributed by atoms with Crippen LogP contribution >= 0.6 is 0 Å². The second-order valence-electron chi connectivity index (χ2n) is 6.22. The van der Waals surface area contributed by atoms with Crippen LogP contribution in [0.4, 0.5) is 17.1 Å². The first-order valence-electron chi connectivity index (χ1n) is 8.36. The lowest BCUT2D eigenvalue weighted by Gasteiger charge is -2.18. The highest BCUT2D eigenvalue weighted by atomic mass is 16.6. The number of rotatable bonds is 7. The van der Waals surface area contributed by atoms with Gasteiger partial charge < -0.3 is 15.5 Å². The Kier molecular flexibility index (Phi) is 6.48. The predicted octanol–water partition coefficient (Wildman–Crippen LogP) is 2.72. The van der Waals surface area contributed by atoms with Gasteiger partial charge in [0, 0.05) is 30.1 Å². The first-order valence-corrected chi connectivity index (χ1v) is 8.36. The summed E-state index contributed by atoms with van der Waals surface area (Å²) in [6, 6.07) is 12.0. The van der Waals surface area contributed by atoms with E-state index >= 15 is 0 Å². The molecule has 0 atom stereocenters. The van der Waals surface area contributed by atoms with Crippen molar-refractivity contribution in [2.75, 3.05) is 30.8 Å². The minimum absolute atomic E-state index is 0.0155. The van der Waals surface area contributed by atoms with Gasteiger partial charge in [-0.25, -0.2) is 0 Å². The van der Waals surface area contributed by atoms with Crippen molar-refractivity contribution in [3.05, 3.63) is 63.7 Å². The number of benzene rings is 2. The molecule has 0 saturated heterocycles. The summed E-state index contributed by atoms with van der Waals surface area (Å²) in [7, 11) is 1.53. The summed E-state index contributed by atoms with van der Waals surface area (Å²) in [6.45, 7) is 3.40. The van der Waals surface area contributed by atoms with Gasteiger partial charge in [0.2, 0.25) is 11.8 Å². The van der Waals surface area contributed by atoms with Crippen molar-refractivity contribution in [1.82, 2.24) is 4.90 Å². The van der Waals surface area contributed by atoms with Gasteiger partial charge in [-0.1, -0.05) is 23.8 Å². The van der Waals surface area contributed by atoms with Crippen molar-refractivity contribution < 1.29 is 14.5 Å². The predicted molar refractivity (Wildman–Crippen MR) is 104 cm³/mol. The van der Waals surface area contributed by atoms with Crippen LogP contribution in [0.2, 0.25) is 0 Å². The Balaban J connectivity index is 1.88. The molecule has 2 N–H and O–H groups in total. The number of nitro benzene ring substituents is 1. The van der Waals surface area contributed by atoms with Gasteiger partial charge in [-0.05, 0) is 32.0 Å². The summed E-state index contributed by atoms with van der Waals surface area (Å²) in [4.78, 5) is 36.1. The van der Waals surface area contributed by atoms with Crippen molar-refractivity contribution in [1.29, 1.82) is 0 Å². The second kappa shape index (κ2) is 8.79. The molecule has 0 saturated carbocycles. The summed E-state index contributed by atoms with van der Waals surface area (Å²) >= 11 is 0. The van der Waals surface area contributed by atoms with E-state index < -0.39 is 4.92 Å². The van der Waals surface area contributed by atoms with Crippen LogP contribution in [0.25, 0.3) is 0 Å². The molecule has 0 fully saturated rings. The summed E-state index contributed by atoms with van der Waals surface area (Å²) in [5.41, 5.74) is 2.70. The molecule has 0 aliphatic carbocycles. The molecule has 0 spiro atoms. The maximum atomic E-state index is 12.2. The number of likely N-dealkylation sites (N-methyl/N-ethyl adjacent to an activating group) is 1. The van der Waals surface area contributed by atoms with Crippen LogP contribution in [-0.2, 0) is 9.59 Å². The number of hydrogen-bond donors (Lipinski definition) is 2. The molecule has 0 aliphatic heterocycles. The first-order chi connectivity index (χ1) is 12.8. The second-order valence-corrected chi connectivity index (χ2v) is 6.22. The van der Waals surface area contributed by atoms with E-state index in [9.17, 15) is 19.7 Å². The normalized spacial score (nSPS) is 10.2. The Morgan fingerprint density at radius 1 is 1.11 bits per heavy atom. The molecule has 2 aromatic carbocycles. The van der Waals surface area contributed by atoms with Crippen LogP contribution in [0.1, 0.15) is 11.1 Å². The molecule has 0 unspecified atom stereocenters. The van der Waals surface area contributed by atoms with Gasteiger partial charge >= 0.3 is 0 Å². The highest BCUT2D eigenvalue weighted by molar-refractivity contribution is 5.95. The van der Waals surface area contributed by atoms with Crippen LogP contribution < -0.4 is 10.6 Å². The Morgan fingerprint density at radius 3 is 2.41 bits per heavy atom. The first kappa shape index (κ1) is 19.9. The van der Waals surface area contributed by atoms with E-state index in [1.54, 1.807) is 31.2 Å². The monoisotopic (exact) mass is 370 g/mol. The number of aryl methyl sites for hydroxylation is 1. The average Bonchev–Trinajstić information content (AvgIpc) is 2.62. The van der Waals surface area contributed by atoms with Gasteiger partial charge in [0.25, 0.3) is 5.69 Å². The zero-order valence-corrected chi connectivity index (χ0v) is 15.5. The highest BCUT2D eigenvalue weighted by Gasteiger charge is 2.16. The minimum Gasteiger partial charge on any atom is -0.376 e. The number of amides is 2. The molecule has 0 heterocycles. The SMILES string of the molecule is Cc1ccc(NC(=O)CN(C)C(=O)CNc2cccc([N+](=O)[O-])c2C)cc1. The molecule has 0 bridgehead atoms.